The van der Waals surface area contributed by atoms with Crippen LogP contribution in [0.25, 0.3) is 0 Å². The maximum Gasteiger partial charge on any atom is 0.305 e. The van der Waals surface area contributed by atoms with Gasteiger partial charge in [-0.15, -0.1) is 0 Å². The van der Waals surface area contributed by atoms with Crippen molar-refractivity contribution < 1.29 is 17.9 Å². The van der Waals surface area contributed by atoms with Gasteiger partial charge in [-0.2, -0.15) is 4.31 Å². The quantitative estimate of drug-likeness (QED) is 0.675. The summed E-state index contributed by atoms with van der Waals surface area (Å²) < 4.78 is 30.8. The highest BCUT2D eigenvalue weighted by molar-refractivity contribution is 7.89. The number of methoxy groups -OCH3 is 1. The molecule has 6 nitrogen and oxygen atoms in total. The van der Waals surface area contributed by atoms with Crippen LogP contribution in [0.15, 0.2) is 0 Å². The van der Waals surface area contributed by atoms with Crippen LogP contribution in [0.4, 0.5) is 0 Å². The molecule has 0 unspecified atom stereocenters. The molecule has 0 spiro atoms. The van der Waals surface area contributed by atoms with Crippen molar-refractivity contribution in [1.82, 2.24) is 9.21 Å². The number of carbonyl (C=O) groups excluding carboxylic acids is 1. The molecule has 0 saturated carbocycles. The lowest BCUT2D eigenvalue weighted by atomic mass is 10.1. The predicted molar refractivity (Wildman–Crippen MR) is 77.9 cm³/mol. The lowest BCUT2D eigenvalue weighted by Gasteiger charge is -2.42. The summed E-state index contributed by atoms with van der Waals surface area (Å²) in [5, 5.41) is 0. The molecule has 1 aliphatic heterocycles. The summed E-state index contributed by atoms with van der Waals surface area (Å²) in [6, 6.07) is 0.209. The first-order valence-corrected chi connectivity index (χ1v) is 8.73. The molecule has 0 aromatic carbocycles. The van der Waals surface area contributed by atoms with Gasteiger partial charge in [0.2, 0.25) is 10.0 Å². The van der Waals surface area contributed by atoms with Gasteiger partial charge in [0, 0.05) is 31.6 Å². The Morgan fingerprint density at radius 2 is 1.90 bits per heavy atom. The zero-order chi connectivity index (χ0) is 15.3. The van der Waals surface area contributed by atoms with Crippen LogP contribution in [0, 0.1) is 0 Å². The fourth-order valence-corrected chi connectivity index (χ4v) is 4.41. The lowest BCUT2D eigenvalue weighted by molar-refractivity contribution is -0.140. The molecule has 0 bridgehead atoms. The highest BCUT2D eigenvalue weighted by Gasteiger charge is 2.35. The summed E-state index contributed by atoms with van der Waals surface area (Å²) in [6.07, 6.45) is 0.457. The summed E-state index contributed by atoms with van der Waals surface area (Å²) in [5.41, 5.74) is 0. The molecule has 0 aromatic rings. The molecule has 118 valence electrons. The molecule has 2 atom stereocenters. The van der Waals surface area contributed by atoms with Gasteiger partial charge < -0.3 is 4.74 Å². The van der Waals surface area contributed by atoms with Gasteiger partial charge in [-0.3, -0.25) is 9.69 Å². The van der Waals surface area contributed by atoms with Gasteiger partial charge in [-0.25, -0.2) is 8.42 Å². The van der Waals surface area contributed by atoms with Gasteiger partial charge >= 0.3 is 5.97 Å². The molecule has 1 saturated heterocycles. The molecule has 0 N–H and O–H groups in total. The Labute approximate surface area is 122 Å². The van der Waals surface area contributed by atoms with Gasteiger partial charge in [0.1, 0.15) is 0 Å². The van der Waals surface area contributed by atoms with Crippen LogP contribution >= 0.6 is 0 Å². The van der Waals surface area contributed by atoms with Crippen LogP contribution in [0.5, 0.6) is 0 Å². The molecular formula is C13H26N2O4S. The summed E-state index contributed by atoms with van der Waals surface area (Å²) in [6.45, 7) is 8.29. The number of carbonyl (C=O) groups is 1. The van der Waals surface area contributed by atoms with Crippen molar-refractivity contribution in [1.29, 1.82) is 0 Å². The van der Waals surface area contributed by atoms with Gasteiger partial charge in [-0.1, -0.05) is 6.92 Å². The molecular weight excluding hydrogens is 280 g/mol. The van der Waals surface area contributed by atoms with Crippen molar-refractivity contribution in [2.24, 2.45) is 0 Å². The normalized spacial score (nSPS) is 25.6. The van der Waals surface area contributed by atoms with Gasteiger partial charge in [0.25, 0.3) is 0 Å². The van der Waals surface area contributed by atoms with E-state index < -0.39 is 10.0 Å². The average molecular weight is 306 g/mol. The first-order chi connectivity index (χ1) is 9.31. The Hall–Kier alpha value is -0.660. The smallest absolute Gasteiger partial charge is 0.305 e. The number of hydrogen-bond acceptors (Lipinski definition) is 5. The standard InChI is InChI=1S/C13H26N2O4S/c1-5-14-9-12(3)15(10-11(14)2)20(17,18)8-6-7-13(16)19-4/h11-12H,5-10H2,1-4H3/t11-,12+/m1/s1. The lowest BCUT2D eigenvalue weighted by Crippen LogP contribution is -2.58. The molecule has 1 aliphatic rings. The topological polar surface area (TPSA) is 66.9 Å². The minimum absolute atomic E-state index is 0.00524. The third kappa shape index (κ3) is 4.43. The van der Waals surface area contributed by atoms with Crippen molar-refractivity contribution in [3.63, 3.8) is 0 Å². The molecule has 20 heavy (non-hydrogen) atoms. The molecule has 0 radical (unpaired) electrons. The van der Waals surface area contributed by atoms with E-state index in [9.17, 15) is 13.2 Å². The van der Waals surface area contributed by atoms with Crippen molar-refractivity contribution in [2.75, 3.05) is 32.5 Å². The van der Waals surface area contributed by atoms with E-state index >= 15 is 0 Å². The van der Waals surface area contributed by atoms with Crippen LogP contribution < -0.4 is 0 Å². The second-order valence-electron chi connectivity index (χ2n) is 5.35. The molecule has 0 aliphatic carbocycles. The molecule has 0 amide bonds. The van der Waals surface area contributed by atoms with E-state index in [1.54, 1.807) is 4.31 Å². The van der Waals surface area contributed by atoms with E-state index in [1.807, 2.05) is 13.8 Å². The Morgan fingerprint density at radius 1 is 1.25 bits per heavy atom. The molecule has 1 fully saturated rings. The number of nitrogens with zero attached hydrogens (tertiary/aromatic N) is 2. The minimum atomic E-state index is -3.30. The summed E-state index contributed by atoms with van der Waals surface area (Å²) >= 11 is 0. The third-order valence-corrected chi connectivity index (χ3v) is 5.86. The van der Waals surface area contributed by atoms with E-state index in [0.717, 1.165) is 13.1 Å². The van der Waals surface area contributed by atoms with Crippen LogP contribution in [0.3, 0.4) is 0 Å². The average Bonchev–Trinajstić information content (AvgIpc) is 2.40. The van der Waals surface area contributed by atoms with Gasteiger partial charge in [0.05, 0.1) is 12.9 Å². The van der Waals surface area contributed by atoms with E-state index in [2.05, 4.69) is 16.6 Å². The molecule has 7 heteroatoms. The molecule has 0 aromatic heterocycles. The van der Waals surface area contributed by atoms with Crippen molar-refractivity contribution >= 4 is 16.0 Å². The number of sulfonamides is 1. The second kappa shape index (κ2) is 7.38. The second-order valence-corrected chi connectivity index (χ2v) is 7.39. The minimum Gasteiger partial charge on any atom is -0.469 e. The van der Waals surface area contributed by atoms with E-state index in [0.29, 0.717) is 13.0 Å². The van der Waals surface area contributed by atoms with Crippen LogP contribution in [0.1, 0.15) is 33.6 Å². The number of likely N-dealkylation sites (N-methyl/N-ethyl adjacent to an activating group) is 1. The Kier molecular flexibility index (Phi) is 6.42. The number of hydrogen-bond donors (Lipinski definition) is 0. The van der Waals surface area contributed by atoms with Crippen molar-refractivity contribution in [2.45, 2.75) is 45.7 Å². The molecule has 1 rings (SSSR count). The highest BCUT2D eigenvalue weighted by atomic mass is 32.2. The van der Waals surface area contributed by atoms with Crippen LogP contribution in [0.2, 0.25) is 0 Å². The van der Waals surface area contributed by atoms with E-state index in [4.69, 9.17) is 0 Å². The van der Waals surface area contributed by atoms with Crippen LogP contribution in [-0.2, 0) is 19.6 Å². The first kappa shape index (κ1) is 17.4. The highest BCUT2D eigenvalue weighted by Crippen LogP contribution is 2.19. The fraction of sp³-hybridized carbons (Fsp3) is 0.923. The zero-order valence-electron chi connectivity index (χ0n) is 12.8. The van der Waals surface area contributed by atoms with Gasteiger partial charge in [0.15, 0.2) is 0 Å². The number of esters is 1. The van der Waals surface area contributed by atoms with E-state index in [1.165, 1.54) is 7.11 Å². The fourth-order valence-electron chi connectivity index (χ4n) is 2.61. The van der Waals surface area contributed by atoms with Crippen LogP contribution in [-0.4, -0.2) is 68.2 Å². The zero-order valence-corrected chi connectivity index (χ0v) is 13.6. The van der Waals surface area contributed by atoms with Gasteiger partial charge in [-0.05, 0) is 26.8 Å². The SMILES string of the molecule is CCN1C[C@H](C)N(S(=O)(=O)CCCC(=O)OC)C[C@H]1C. The Balaban J connectivity index is 2.61. The largest absolute Gasteiger partial charge is 0.469 e. The predicted octanol–water partition coefficient (Wildman–Crippen LogP) is 0.684. The summed E-state index contributed by atoms with van der Waals surface area (Å²) in [4.78, 5) is 13.3. The number of rotatable bonds is 6. The monoisotopic (exact) mass is 306 g/mol. The first-order valence-electron chi connectivity index (χ1n) is 7.12. The number of ether oxygens (including phenoxy) is 1. The number of piperazine rings is 1. The van der Waals surface area contributed by atoms with Crippen molar-refractivity contribution in [3.05, 3.63) is 0 Å². The van der Waals surface area contributed by atoms with E-state index in [-0.39, 0.29) is 30.2 Å². The third-order valence-electron chi connectivity index (χ3n) is 3.83. The Bertz CT molecular complexity index is 424. The Morgan fingerprint density at radius 3 is 2.45 bits per heavy atom. The maximum atomic E-state index is 12.4. The molecule has 1 heterocycles. The maximum absolute atomic E-state index is 12.4. The summed E-state index contributed by atoms with van der Waals surface area (Å²) in [5.74, 6) is -0.358. The summed E-state index contributed by atoms with van der Waals surface area (Å²) in [7, 11) is -1.99. The van der Waals surface area contributed by atoms with Crippen molar-refractivity contribution in [3.8, 4) is 0 Å².